The molecule has 0 atom stereocenters. The fraction of sp³-hybridized carbons (Fsp3) is 0. The van der Waals surface area contributed by atoms with Crippen molar-refractivity contribution in [1.82, 2.24) is 0 Å². The summed E-state index contributed by atoms with van der Waals surface area (Å²) in [4.78, 5) is 0. The fourth-order valence-corrected chi connectivity index (χ4v) is 0.618. The van der Waals surface area contributed by atoms with Crippen LogP contribution in [0.25, 0.3) is 0 Å². The predicted molar refractivity (Wildman–Crippen MR) is 44.8 cm³/mol. The third-order valence-electron chi connectivity index (χ3n) is 1.08. The average molecular weight is 238 g/mol. The zero-order valence-corrected chi connectivity index (χ0v) is 8.56. The third-order valence-corrected chi connectivity index (χ3v) is 1.08. The average Bonchev–Trinajstić information content (AvgIpc) is 2.03. The van der Waals surface area contributed by atoms with Crippen molar-refractivity contribution in [3.63, 3.8) is 0 Å². The van der Waals surface area contributed by atoms with Gasteiger partial charge in [-0.2, -0.15) is 0 Å². The molecule has 1 aromatic rings. The Morgan fingerprint density at radius 1 is 1.21 bits per heavy atom. The van der Waals surface area contributed by atoms with E-state index in [9.17, 15) is 0 Å². The van der Waals surface area contributed by atoms with Gasteiger partial charge in [-0.25, -0.2) is 0 Å². The summed E-state index contributed by atoms with van der Waals surface area (Å²) in [5, 5.41) is 7.01. The first-order valence-corrected chi connectivity index (χ1v) is 5.93. The number of amidine groups is 1. The zero-order chi connectivity index (χ0) is 11.2. The molecule has 14 heavy (non-hydrogen) atoms. The predicted octanol–water partition coefficient (Wildman–Crippen LogP) is -0.822. The van der Waals surface area contributed by atoms with Crippen molar-refractivity contribution in [2.75, 3.05) is 0 Å². The molecular formula is C7H11N2O4V. The molecule has 1 rings (SSSR count). The summed E-state index contributed by atoms with van der Waals surface area (Å²) in [6, 6.07) is 9.23. The van der Waals surface area contributed by atoms with Crippen LogP contribution in [0.5, 0.6) is 0 Å². The fourth-order valence-electron chi connectivity index (χ4n) is 0.618. The molecule has 0 heterocycles. The van der Waals surface area contributed by atoms with Gasteiger partial charge in [-0.3, -0.25) is 5.41 Å². The monoisotopic (exact) mass is 238 g/mol. The van der Waals surface area contributed by atoms with Crippen molar-refractivity contribution in [3.05, 3.63) is 35.9 Å². The number of nitrogens with one attached hydrogen (secondary N) is 1. The number of rotatable bonds is 1. The zero-order valence-electron chi connectivity index (χ0n) is 7.16. The van der Waals surface area contributed by atoms with E-state index in [1.807, 2.05) is 30.3 Å². The molecule has 0 radical (unpaired) electrons. The Hall–Kier alpha value is -1.05. The molecular weight excluding hydrogens is 227 g/mol. The van der Waals surface area contributed by atoms with Crippen molar-refractivity contribution in [3.8, 4) is 0 Å². The molecule has 0 fully saturated rings. The van der Waals surface area contributed by atoms with Crippen molar-refractivity contribution < 1.29 is 30.8 Å². The SMILES string of the molecule is N=C(N)c1ccccc1.[O]=[V]([OH])([OH])[OH]. The normalized spacial score (nSPS) is 9.93. The first kappa shape index (κ1) is 13.0. The van der Waals surface area contributed by atoms with Crippen LogP contribution in [0.1, 0.15) is 5.56 Å². The Morgan fingerprint density at radius 3 is 1.79 bits per heavy atom. The van der Waals surface area contributed by atoms with Crippen LogP contribution in [-0.2, 0) is 18.7 Å². The van der Waals surface area contributed by atoms with Crippen molar-refractivity contribution >= 4 is 5.84 Å². The minimum absolute atomic E-state index is 0.121. The van der Waals surface area contributed by atoms with E-state index in [0.717, 1.165) is 5.56 Å². The van der Waals surface area contributed by atoms with Crippen molar-refractivity contribution in [2.45, 2.75) is 0 Å². The third kappa shape index (κ3) is 9.05. The summed E-state index contributed by atoms with van der Waals surface area (Å²) in [6.07, 6.45) is 0. The molecule has 7 heteroatoms. The summed E-state index contributed by atoms with van der Waals surface area (Å²) in [5.41, 5.74) is 5.97. The van der Waals surface area contributed by atoms with E-state index < -0.39 is 15.0 Å². The van der Waals surface area contributed by atoms with Gasteiger partial charge in [0.25, 0.3) is 0 Å². The van der Waals surface area contributed by atoms with Crippen LogP contribution in [0.15, 0.2) is 30.3 Å². The van der Waals surface area contributed by atoms with Gasteiger partial charge in [-0.1, -0.05) is 30.3 Å². The van der Waals surface area contributed by atoms with Gasteiger partial charge in [0.05, 0.1) is 0 Å². The number of nitrogen functional groups attached to an aromatic ring is 1. The number of hydrogen-bond acceptors (Lipinski definition) is 2. The van der Waals surface area contributed by atoms with Gasteiger partial charge in [-0.15, -0.1) is 0 Å². The van der Waals surface area contributed by atoms with Gasteiger partial charge in [0.2, 0.25) is 0 Å². The minimum atomic E-state index is -5.12. The van der Waals surface area contributed by atoms with Gasteiger partial charge in [0.1, 0.15) is 5.84 Å². The summed E-state index contributed by atoms with van der Waals surface area (Å²) in [6.45, 7) is 0. The van der Waals surface area contributed by atoms with E-state index in [4.69, 9.17) is 26.9 Å². The maximum absolute atomic E-state index is 8.94. The van der Waals surface area contributed by atoms with E-state index in [1.54, 1.807) is 0 Å². The summed E-state index contributed by atoms with van der Waals surface area (Å²) in [7, 11) is 0. The molecule has 0 saturated heterocycles. The van der Waals surface area contributed by atoms with Crippen molar-refractivity contribution in [1.29, 1.82) is 5.41 Å². The first-order valence-electron chi connectivity index (χ1n) is 3.48. The standard InChI is InChI=1S/C7H8N2.3H2O.O.V/c8-7(9)6-4-2-1-3-5-6;;;;;/h1-5H,(H3,8,9);3*1H2;;/q;;;;;+3/p-3. The molecule has 6 N–H and O–H groups in total. The topological polar surface area (TPSA) is 128 Å². The van der Waals surface area contributed by atoms with Gasteiger partial charge in [-0.05, 0) is 0 Å². The molecule has 1 aromatic carbocycles. The molecule has 0 unspecified atom stereocenters. The Labute approximate surface area is 84.1 Å². The molecule has 0 aromatic heterocycles. The van der Waals surface area contributed by atoms with E-state index in [2.05, 4.69) is 0 Å². The van der Waals surface area contributed by atoms with E-state index in [0.29, 0.717) is 0 Å². The van der Waals surface area contributed by atoms with Gasteiger partial charge in [0.15, 0.2) is 0 Å². The molecule has 0 aliphatic carbocycles. The van der Waals surface area contributed by atoms with Crippen LogP contribution in [0.3, 0.4) is 0 Å². The molecule has 0 spiro atoms. The van der Waals surface area contributed by atoms with Crippen LogP contribution in [0.2, 0.25) is 0 Å². The van der Waals surface area contributed by atoms with Crippen LogP contribution < -0.4 is 5.73 Å². The van der Waals surface area contributed by atoms with Gasteiger partial charge >= 0.3 is 30.8 Å². The Morgan fingerprint density at radius 2 is 1.57 bits per heavy atom. The Bertz CT molecular complexity index is 327. The number of nitrogens with two attached hydrogens (primary N) is 1. The van der Waals surface area contributed by atoms with E-state index in [1.165, 1.54) is 0 Å². The number of benzene rings is 1. The van der Waals surface area contributed by atoms with E-state index >= 15 is 0 Å². The van der Waals surface area contributed by atoms with Crippen LogP contribution in [0, 0.1) is 5.41 Å². The first-order chi connectivity index (χ1) is 6.30. The molecule has 0 aliphatic heterocycles. The molecule has 0 amide bonds. The second-order valence-corrected chi connectivity index (χ2v) is 3.90. The number of hydrogen-bond donors (Lipinski definition) is 5. The van der Waals surface area contributed by atoms with Crippen LogP contribution in [0.4, 0.5) is 0 Å². The van der Waals surface area contributed by atoms with Crippen molar-refractivity contribution in [2.24, 2.45) is 5.73 Å². The second-order valence-electron chi connectivity index (χ2n) is 2.29. The summed E-state index contributed by atoms with van der Waals surface area (Å²) >= 11 is -5.12. The molecule has 0 saturated carbocycles. The summed E-state index contributed by atoms with van der Waals surface area (Å²) in [5.74, 6) is 0.121. The maximum atomic E-state index is 8.94. The molecule has 6 nitrogen and oxygen atoms in total. The van der Waals surface area contributed by atoms with Gasteiger partial charge in [0, 0.05) is 5.56 Å². The summed E-state index contributed by atoms with van der Waals surface area (Å²) < 4.78 is 30.7. The Kier molecular flexibility index (Phi) is 5.21. The molecule has 78 valence electrons. The Balaban J connectivity index is 0.000000292. The second kappa shape index (κ2) is 5.64. The van der Waals surface area contributed by atoms with Crippen LogP contribution in [-0.4, -0.2) is 17.9 Å². The quantitative estimate of drug-likeness (QED) is 0.322. The molecule has 0 bridgehead atoms. The van der Waals surface area contributed by atoms with Crippen LogP contribution >= 0.6 is 0 Å². The van der Waals surface area contributed by atoms with E-state index in [-0.39, 0.29) is 5.84 Å². The molecule has 0 aliphatic rings. The van der Waals surface area contributed by atoms with Gasteiger partial charge < -0.3 is 5.73 Å².